The van der Waals surface area contributed by atoms with Crippen LogP contribution < -0.4 is 14.9 Å². The lowest BCUT2D eigenvalue weighted by Crippen LogP contribution is -2.24. The van der Waals surface area contributed by atoms with Gasteiger partial charge in [0.05, 0.1) is 17.8 Å². The van der Waals surface area contributed by atoms with Crippen LogP contribution >= 0.6 is 39.3 Å². The third-order valence-electron chi connectivity index (χ3n) is 3.51. The predicted molar refractivity (Wildman–Crippen MR) is 116 cm³/mol. The molecule has 0 spiro atoms. The number of rotatable bonds is 8. The summed E-state index contributed by atoms with van der Waals surface area (Å²) >= 11 is 10.8. The molecule has 29 heavy (non-hydrogen) atoms. The maximum Gasteiger partial charge on any atom is 0.277 e. The Balaban J connectivity index is 1.52. The summed E-state index contributed by atoms with van der Waals surface area (Å²) in [7, 11) is 1.54. The minimum Gasteiger partial charge on any atom is -0.493 e. The van der Waals surface area contributed by atoms with Crippen molar-refractivity contribution in [3.05, 3.63) is 69.9 Å². The van der Waals surface area contributed by atoms with Gasteiger partial charge in [-0.15, -0.1) is 0 Å². The molecule has 0 radical (unpaired) electrons. The van der Waals surface area contributed by atoms with E-state index in [4.69, 9.17) is 25.5 Å². The van der Waals surface area contributed by atoms with Crippen molar-refractivity contribution in [2.24, 2.45) is 5.10 Å². The van der Waals surface area contributed by atoms with E-state index in [-0.39, 0.29) is 6.61 Å². The molecular formula is C20H16BrClN2O4S. The molecule has 1 heterocycles. The van der Waals surface area contributed by atoms with Gasteiger partial charge < -0.3 is 13.9 Å². The van der Waals surface area contributed by atoms with Crippen LogP contribution in [0.15, 0.2) is 78.6 Å². The SMILES string of the molecule is COc1ccccc1OCC(=O)N/N=C/c1cc(Br)c(Sc2ccc(Cl)cc2)o1. The maximum atomic E-state index is 11.9. The highest BCUT2D eigenvalue weighted by atomic mass is 79.9. The zero-order valence-electron chi connectivity index (χ0n) is 15.2. The van der Waals surface area contributed by atoms with E-state index in [0.29, 0.717) is 27.4 Å². The quantitative estimate of drug-likeness (QED) is 0.335. The second-order valence-corrected chi connectivity index (χ2v) is 7.91. The number of carbonyl (C=O) groups is 1. The fourth-order valence-corrected chi connectivity index (χ4v) is 3.65. The van der Waals surface area contributed by atoms with Gasteiger partial charge in [-0.3, -0.25) is 4.79 Å². The van der Waals surface area contributed by atoms with Crippen molar-refractivity contribution in [1.82, 2.24) is 5.43 Å². The van der Waals surface area contributed by atoms with Gasteiger partial charge in [0.1, 0.15) is 5.76 Å². The van der Waals surface area contributed by atoms with Crippen molar-refractivity contribution >= 4 is 51.4 Å². The number of para-hydroxylation sites is 2. The Labute approximate surface area is 185 Å². The molecule has 6 nitrogen and oxygen atoms in total. The largest absolute Gasteiger partial charge is 0.493 e. The first-order chi connectivity index (χ1) is 14.0. The van der Waals surface area contributed by atoms with Gasteiger partial charge in [-0.05, 0) is 52.3 Å². The first-order valence-electron chi connectivity index (χ1n) is 8.35. The molecule has 150 valence electrons. The van der Waals surface area contributed by atoms with Crippen molar-refractivity contribution < 1.29 is 18.7 Å². The zero-order chi connectivity index (χ0) is 20.6. The second kappa shape index (κ2) is 10.4. The highest BCUT2D eigenvalue weighted by Gasteiger charge is 2.10. The van der Waals surface area contributed by atoms with Crippen LogP contribution in [0, 0.1) is 0 Å². The molecule has 0 atom stereocenters. The third-order valence-corrected chi connectivity index (χ3v) is 5.61. The van der Waals surface area contributed by atoms with Gasteiger partial charge in [0.15, 0.2) is 23.2 Å². The van der Waals surface area contributed by atoms with Gasteiger partial charge in [0.2, 0.25) is 0 Å². The van der Waals surface area contributed by atoms with Crippen molar-refractivity contribution in [1.29, 1.82) is 0 Å². The topological polar surface area (TPSA) is 73.1 Å². The van der Waals surface area contributed by atoms with E-state index in [9.17, 15) is 4.79 Å². The van der Waals surface area contributed by atoms with Crippen molar-refractivity contribution in [3.63, 3.8) is 0 Å². The molecule has 0 fully saturated rings. The lowest BCUT2D eigenvalue weighted by Gasteiger charge is -2.08. The van der Waals surface area contributed by atoms with Crippen molar-refractivity contribution in [3.8, 4) is 11.5 Å². The molecule has 0 aliphatic rings. The van der Waals surface area contributed by atoms with E-state index in [1.165, 1.54) is 25.1 Å². The predicted octanol–water partition coefficient (Wildman–Crippen LogP) is 5.38. The van der Waals surface area contributed by atoms with Crippen molar-refractivity contribution in [2.75, 3.05) is 13.7 Å². The molecule has 2 aromatic carbocycles. The maximum absolute atomic E-state index is 11.9. The highest BCUT2D eigenvalue weighted by molar-refractivity contribution is 9.10. The lowest BCUT2D eigenvalue weighted by molar-refractivity contribution is -0.123. The molecule has 0 unspecified atom stereocenters. The van der Waals surface area contributed by atoms with Crippen LogP contribution in [0.2, 0.25) is 5.02 Å². The van der Waals surface area contributed by atoms with E-state index in [1.807, 2.05) is 30.3 Å². The minimum atomic E-state index is -0.409. The van der Waals surface area contributed by atoms with E-state index in [2.05, 4.69) is 26.5 Å². The van der Waals surface area contributed by atoms with Crippen molar-refractivity contribution in [2.45, 2.75) is 9.99 Å². The molecule has 9 heteroatoms. The normalized spacial score (nSPS) is 10.9. The van der Waals surface area contributed by atoms with E-state index >= 15 is 0 Å². The molecule has 0 aliphatic heterocycles. The number of benzene rings is 2. The number of amides is 1. The second-order valence-electron chi connectivity index (χ2n) is 5.57. The number of halogens is 2. The van der Waals surface area contributed by atoms with Crippen LogP contribution in [0.1, 0.15) is 5.76 Å². The summed E-state index contributed by atoms with van der Waals surface area (Å²) in [5.74, 6) is 1.11. The summed E-state index contributed by atoms with van der Waals surface area (Å²) in [4.78, 5) is 12.9. The van der Waals surface area contributed by atoms with Crippen LogP contribution in [-0.4, -0.2) is 25.8 Å². The number of nitrogens with zero attached hydrogens (tertiary/aromatic N) is 1. The van der Waals surface area contributed by atoms with E-state index in [1.54, 1.807) is 24.3 Å². The summed E-state index contributed by atoms with van der Waals surface area (Å²) in [6, 6.07) is 16.3. The number of carbonyl (C=O) groups excluding carboxylic acids is 1. The Morgan fingerprint density at radius 2 is 1.97 bits per heavy atom. The number of nitrogens with one attached hydrogen (secondary N) is 1. The van der Waals surface area contributed by atoms with E-state index < -0.39 is 5.91 Å². The summed E-state index contributed by atoms with van der Waals surface area (Å²) in [5, 5.41) is 5.23. The first kappa shape index (κ1) is 21.3. The molecule has 0 saturated heterocycles. The molecule has 1 amide bonds. The molecular weight excluding hydrogens is 480 g/mol. The van der Waals surface area contributed by atoms with Crippen LogP contribution in [0.4, 0.5) is 0 Å². The Hall–Kier alpha value is -2.42. The molecule has 1 N–H and O–H groups in total. The fourth-order valence-electron chi connectivity index (χ4n) is 2.19. The number of ether oxygens (including phenoxy) is 2. The lowest BCUT2D eigenvalue weighted by atomic mass is 10.3. The van der Waals surface area contributed by atoms with Gasteiger partial charge >= 0.3 is 0 Å². The summed E-state index contributed by atoms with van der Waals surface area (Å²) in [5.41, 5.74) is 2.39. The third kappa shape index (κ3) is 6.28. The number of hydrazone groups is 1. The summed E-state index contributed by atoms with van der Waals surface area (Å²) < 4.78 is 17.1. The number of methoxy groups -OCH3 is 1. The average molecular weight is 496 g/mol. The van der Waals surface area contributed by atoms with E-state index in [0.717, 1.165) is 9.37 Å². The number of hydrogen-bond donors (Lipinski definition) is 1. The molecule has 1 aromatic heterocycles. The Morgan fingerprint density at radius 1 is 1.24 bits per heavy atom. The first-order valence-corrected chi connectivity index (χ1v) is 10.3. The van der Waals surface area contributed by atoms with Crippen LogP contribution in [0.3, 0.4) is 0 Å². The highest BCUT2D eigenvalue weighted by Crippen LogP contribution is 2.36. The minimum absolute atomic E-state index is 0.197. The number of hydrogen-bond acceptors (Lipinski definition) is 6. The smallest absolute Gasteiger partial charge is 0.277 e. The number of furan rings is 1. The van der Waals surface area contributed by atoms with Gasteiger partial charge in [0, 0.05) is 16.0 Å². The average Bonchev–Trinajstić information content (AvgIpc) is 3.07. The molecule has 3 rings (SSSR count). The Kier molecular flexibility index (Phi) is 7.62. The van der Waals surface area contributed by atoms with Gasteiger partial charge in [-0.2, -0.15) is 5.10 Å². The summed E-state index contributed by atoms with van der Waals surface area (Å²) in [6.45, 7) is -0.197. The standard InChI is InChI=1S/C20H16BrClN2O4S/c1-26-17-4-2-3-5-18(17)27-12-19(25)24-23-11-14-10-16(21)20(28-14)29-15-8-6-13(22)7-9-15/h2-11H,12H2,1H3,(H,24,25)/b23-11+. The molecule has 3 aromatic rings. The Bertz CT molecular complexity index is 1010. The molecule has 0 aliphatic carbocycles. The molecule has 0 saturated carbocycles. The summed E-state index contributed by atoms with van der Waals surface area (Å²) in [6.07, 6.45) is 1.41. The fraction of sp³-hybridized carbons (Fsp3) is 0.100. The van der Waals surface area contributed by atoms with Gasteiger partial charge in [-0.25, -0.2) is 5.43 Å². The Morgan fingerprint density at radius 3 is 2.69 bits per heavy atom. The zero-order valence-corrected chi connectivity index (χ0v) is 18.4. The van der Waals surface area contributed by atoms with Gasteiger partial charge in [-0.1, -0.05) is 35.5 Å². The molecule has 0 bridgehead atoms. The van der Waals surface area contributed by atoms with Crippen LogP contribution in [0.5, 0.6) is 11.5 Å². The van der Waals surface area contributed by atoms with Gasteiger partial charge in [0.25, 0.3) is 5.91 Å². The monoisotopic (exact) mass is 494 g/mol. The van der Waals surface area contributed by atoms with Crippen LogP contribution in [0.25, 0.3) is 0 Å². The van der Waals surface area contributed by atoms with Crippen LogP contribution in [-0.2, 0) is 4.79 Å².